The van der Waals surface area contributed by atoms with Crippen LogP contribution < -0.4 is 20.1 Å². The predicted molar refractivity (Wildman–Crippen MR) is 123 cm³/mol. The zero-order valence-electron chi connectivity index (χ0n) is 18.4. The second-order valence-corrected chi connectivity index (χ2v) is 8.06. The number of nitrogens with zero attached hydrogens (tertiary/aromatic N) is 2. The summed E-state index contributed by atoms with van der Waals surface area (Å²) in [5.74, 6) is 2.26. The normalized spacial score (nSPS) is 19.5. The molecule has 4 rings (SSSR count). The number of anilines is 1. The van der Waals surface area contributed by atoms with E-state index >= 15 is 0 Å². The van der Waals surface area contributed by atoms with Gasteiger partial charge in [0.1, 0.15) is 0 Å². The molecule has 166 valence electrons. The Morgan fingerprint density at radius 3 is 2.77 bits per heavy atom. The Balaban J connectivity index is 1.48. The molecule has 2 N–H and O–H groups in total. The number of fused-ring (bicyclic) bond motifs is 1. The molecule has 2 heterocycles. The van der Waals surface area contributed by atoms with Gasteiger partial charge in [0.05, 0.1) is 32.5 Å². The second kappa shape index (κ2) is 10.5. The lowest BCUT2D eigenvalue weighted by molar-refractivity contribution is -0.0160. The third kappa shape index (κ3) is 6.12. The van der Waals surface area contributed by atoms with Gasteiger partial charge in [0.15, 0.2) is 17.5 Å². The van der Waals surface area contributed by atoms with Gasteiger partial charge in [-0.25, -0.2) is 4.99 Å². The molecule has 0 saturated carbocycles. The molecule has 0 spiro atoms. The number of likely N-dealkylation sites (N-methyl/N-ethyl adjacent to an activating group) is 1. The first-order valence-corrected chi connectivity index (χ1v) is 11.0. The van der Waals surface area contributed by atoms with Gasteiger partial charge in [0.2, 0.25) is 0 Å². The van der Waals surface area contributed by atoms with E-state index in [1.54, 1.807) is 0 Å². The number of benzene rings is 2. The van der Waals surface area contributed by atoms with Crippen LogP contribution in [0.3, 0.4) is 0 Å². The molecule has 7 nitrogen and oxygen atoms in total. The number of hydrogen-bond donors (Lipinski definition) is 2. The molecular weight excluding hydrogens is 392 g/mol. The highest BCUT2D eigenvalue weighted by Crippen LogP contribution is 2.32. The molecule has 1 atom stereocenters. The first kappa shape index (κ1) is 21.5. The van der Waals surface area contributed by atoms with Gasteiger partial charge in [0, 0.05) is 37.8 Å². The monoisotopic (exact) mass is 424 g/mol. The summed E-state index contributed by atoms with van der Waals surface area (Å²) in [5.41, 5.74) is 3.34. The van der Waals surface area contributed by atoms with Gasteiger partial charge in [-0.05, 0) is 37.2 Å². The SMILES string of the molecule is Cc1ccccc1CN=C(NCC1CN(C)CCO1)Nc1ccc2c(c1)OCCCO2. The second-order valence-electron chi connectivity index (χ2n) is 8.06. The summed E-state index contributed by atoms with van der Waals surface area (Å²) in [6.45, 7) is 7.37. The molecule has 2 aromatic rings. The fourth-order valence-corrected chi connectivity index (χ4v) is 3.67. The van der Waals surface area contributed by atoms with Crippen LogP contribution in [0.1, 0.15) is 17.5 Å². The Kier molecular flexibility index (Phi) is 7.27. The summed E-state index contributed by atoms with van der Waals surface area (Å²) in [5, 5.41) is 6.88. The largest absolute Gasteiger partial charge is 0.490 e. The molecule has 0 aliphatic carbocycles. The number of ether oxygens (including phenoxy) is 3. The van der Waals surface area contributed by atoms with Crippen LogP contribution in [0.4, 0.5) is 5.69 Å². The van der Waals surface area contributed by atoms with E-state index in [9.17, 15) is 0 Å². The highest BCUT2D eigenvalue weighted by molar-refractivity contribution is 5.94. The van der Waals surface area contributed by atoms with Crippen molar-refractivity contribution in [2.45, 2.75) is 26.0 Å². The van der Waals surface area contributed by atoms with Crippen LogP contribution in [0, 0.1) is 6.92 Å². The van der Waals surface area contributed by atoms with Gasteiger partial charge < -0.3 is 29.7 Å². The van der Waals surface area contributed by atoms with E-state index < -0.39 is 0 Å². The van der Waals surface area contributed by atoms with E-state index in [4.69, 9.17) is 19.2 Å². The van der Waals surface area contributed by atoms with Crippen LogP contribution in [0.25, 0.3) is 0 Å². The Bertz CT molecular complexity index is 902. The maximum Gasteiger partial charge on any atom is 0.196 e. The first-order chi connectivity index (χ1) is 15.2. The molecule has 2 aliphatic heterocycles. The van der Waals surface area contributed by atoms with Gasteiger partial charge in [0.25, 0.3) is 0 Å². The smallest absolute Gasteiger partial charge is 0.196 e. The zero-order valence-corrected chi connectivity index (χ0v) is 18.4. The molecular formula is C24H32N4O3. The number of aliphatic imine (C=N–C) groups is 1. The summed E-state index contributed by atoms with van der Waals surface area (Å²) in [4.78, 5) is 7.13. The summed E-state index contributed by atoms with van der Waals surface area (Å²) < 4.78 is 17.5. The molecule has 0 bridgehead atoms. The lowest BCUT2D eigenvalue weighted by Gasteiger charge is -2.30. The molecule has 2 aromatic carbocycles. The number of guanidine groups is 1. The maximum atomic E-state index is 5.90. The minimum Gasteiger partial charge on any atom is -0.490 e. The predicted octanol–water partition coefficient (Wildman–Crippen LogP) is 3.04. The van der Waals surface area contributed by atoms with Gasteiger partial charge in [-0.2, -0.15) is 0 Å². The summed E-state index contributed by atoms with van der Waals surface area (Å²) in [6, 6.07) is 14.2. The van der Waals surface area contributed by atoms with Crippen molar-refractivity contribution in [2.24, 2.45) is 4.99 Å². The lowest BCUT2D eigenvalue weighted by Crippen LogP contribution is -2.47. The minimum absolute atomic E-state index is 0.132. The van der Waals surface area contributed by atoms with Crippen LogP contribution in [-0.4, -0.2) is 63.5 Å². The Morgan fingerprint density at radius 1 is 1.10 bits per heavy atom. The highest BCUT2D eigenvalue weighted by Gasteiger charge is 2.18. The van der Waals surface area contributed by atoms with Crippen molar-refractivity contribution >= 4 is 11.6 Å². The van der Waals surface area contributed by atoms with Gasteiger partial charge in [-0.15, -0.1) is 0 Å². The molecule has 1 unspecified atom stereocenters. The minimum atomic E-state index is 0.132. The van der Waals surface area contributed by atoms with Crippen LogP contribution in [0.5, 0.6) is 11.5 Å². The van der Waals surface area contributed by atoms with E-state index in [2.05, 4.69) is 47.7 Å². The number of aryl methyl sites for hydroxylation is 1. The standard InChI is InChI=1S/C24H32N4O3/c1-18-6-3-4-7-19(18)15-25-24(26-16-21-17-28(2)10-13-29-21)27-20-8-9-22-23(14-20)31-12-5-11-30-22/h3-4,6-9,14,21H,5,10-13,15-17H2,1-2H3,(H2,25,26,27). The van der Waals surface area contributed by atoms with Crippen molar-refractivity contribution in [3.63, 3.8) is 0 Å². The number of morpholine rings is 1. The number of nitrogens with one attached hydrogen (secondary N) is 2. The molecule has 2 aliphatic rings. The van der Waals surface area contributed by atoms with Crippen LogP contribution >= 0.6 is 0 Å². The van der Waals surface area contributed by atoms with Gasteiger partial charge in [-0.3, -0.25) is 0 Å². The highest BCUT2D eigenvalue weighted by atomic mass is 16.5. The van der Waals surface area contributed by atoms with Gasteiger partial charge in [-0.1, -0.05) is 24.3 Å². The topological polar surface area (TPSA) is 67.4 Å². The van der Waals surface area contributed by atoms with E-state index in [0.717, 1.165) is 49.3 Å². The molecule has 31 heavy (non-hydrogen) atoms. The lowest BCUT2D eigenvalue weighted by atomic mass is 10.1. The first-order valence-electron chi connectivity index (χ1n) is 11.0. The summed E-state index contributed by atoms with van der Waals surface area (Å²) in [7, 11) is 2.12. The fourth-order valence-electron chi connectivity index (χ4n) is 3.67. The van der Waals surface area contributed by atoms with Gasteiger partial charge >= 0.3 is 0 Å². The van der Waals surface area contributed by atoms with E-state index in [1.807, 2.05) is 24.3 Å². The summed E-state index contributed by atoms with van der Waals surface area (Å²) in [6.07, 6.45) is 1.02. The molecule has 0 aromatic heterocycles. The maximum absolute atomic E-state index is 5.90. The van der Waals surface area contributed by atoms with Crippen LogP contribution in [-0.2, 0) is 11.3 Å². The van der Waals surface area contributed by atoms with E-state index in [-0.39, 0.29) is 6.10 Å². The Hall–Kier alpha value is -2.77. The third-order valence-electron chi connectivity index (χ3n) is 5.52. The van der Waals surface area contributed by atoms with Crippen molar-refractivity contribution < 1.29 is 14.2 Å². The summed E-state index contributed by atoms with van der Waals surface area (Å²) >= 11 is 0. The number of hydrogen-bond acceptors (Lipinski definition) is 5. The number of rotatable bonds is 5. The molecule has 0 radical (unpaired) electrons. The molecule has 1 saturated heterocycles. The van der Waals surface area contributed by atoms with Crippen LogP contribution in [0.2, 0.25) is 0 Å². The van der Waals surface area contributed by atoms with Crippen molar-refractivity contribution in [3.8, 4) is 11.5 Å². The Morgan fingerprint density at radius 2 is 1.94 bits per heavy atom. The average molecular weight is 425 g/mol. The fraction of sp³-hybridized carbons (Fsp3) is 0.458. The Labute approximate surface area is 184 Å². The molecule has 1 fully saturated rings. The van der Waals surface area contributed by atoms with Crippen molar-refractivity contribution in [1.82, 2.24) is 10.2 Å². The van der Waals surface area contributed by atoms with Crippen LogP contribution in [0.15, 0.2) is 47.5 Å². The van der Waals surface area contributed by atoms with E-state index in [1.165, 1.54) is 11.1 Å². The average Bonchev–Trinajstić information content (AvgIpc) is 3.02. The van der Waals surface area contributed by atoms with Crippen molar-refractivity contribution in [1.29, 1.82) is 0 Å². The van der Waals surface area contributed by atoms with Crippen molar-refractivity contribution in [2.75, 3.05) is 51.8 Å². The zero-order chi connectivity index (χ0) is 21.5. The van der Waals surface area contributed by atoms with Crippen molar-refractivity contribution in [3.05, 3.63) is 53.6 Å². The molecule has 0 amide bonds. The quantitative estimate of drug-likeness (QED) is 0.568. The van der Waals surface area contributed by atoms with E-state index in [0.29, 0.717) is 26.3 Å². The molecule has 7 heteroatoms. The third-order valence-corrected chi connectivity index (χ3v) is 5.52.